The summed E-state index contributed by atoms with van der Waals surface area (Å²) in [5.74, 6) is -0.699. The molecule has 0 spiro atoms. The van der Waals surface area contributed by atoms with E-state index < -0.39 is 36.0 Å². The monoisotopic (exact) mass is 260 g/mol. The van der Waals surface area contributed by atoms with Gasteiger partial charge in [0.1, 0.15) is 5.75 Å². The van der Waals surface area contributed by atoms with Gasteiger partial charge in [0.15, 0.2) is 6.79 Å². The molecule has 0 saturated carbocycles. The Labute approximate surface area is 91.4 Å². The number of alkyl halides is 6. The highest BCUT2D eigenvalue weighted by atomic mass is 19.4. The van der Waals surface area contributed by atoms with E-state index >= 15 is 0 Å². The molecule has 0 aliphatic rings. The van der Waals surface area contributed by atoms with E-state index in [2.05, 4.69) is 4.74 Å². The van der Waals surface area contributed by atoms with Crippen molar-refractivity contribution in [1.29, 1.82) is 0 Å². The fraction of sp³-hybridized carbons (Fsp3) is 0.333. The van der Waals surface area contributed by atoms with Gasteiger partial charge in [0.05, 0.1) is 11.1 Å². The number of halogens is 6. The lowest BCUT2D eigenvalue weighted by Gasteiger charge is -2.13. The van der Waals surface area contributed by atoms with Crippen LogP contribution in [0.25, 0.3) is 0 Å². The van der Waals surface area contributed by atoms with E-state index in [1.807, 2.05) is 0 Å². The summed E-state index contributed by atoms with van der Waals surface area (Å²) in [5.41, 5.74) is -2.98. The Kier molecular flexibility index (Phi) is 3.56. The Bertz CT molecular complexity index is 363. The highest BCUT2D eigenvalue weighted by molar-refractivity contribution is 5.37. The molecule has 8 heteroatoms. The Hall–Kier alpha value is -1.44. The summed E-state index contributed by atoms with van der Waals surface area (Å²) in [6, 6.07) is 0.737. The van der Waals surface area contributed by atoms with Crippen LogP contribution in [0.1, 0.15) is 11.1 Å². The summed E-state index contributed by atoms with van der Waals surface area (Å²) >= 11 is 0. The Morgan fingerprint density at radius 1 is 0.882 bits per heavy atom. The normalized spacial score (nSPS) is 12.6. The predicted octanol–water partition coefficient (Wildman–Crippen LogP) is 3.05. The number of ether oxygens (including phenoxy) is 1. The molecule has 0 aromatic heterocycles. The van der Waals surface area contributed by atoms with Crippen molar-refractivity contribution >= 4 is 0 Å². The molecule has 0 heterocycles. The molecule has 0 aliphatic carbocycles. The van der Waals surface area contributed by atoms with Crippen LogP contribution >= 0.6 is 0 Å². The van der Waals surface area contributed by atoms with Gasteiger partial charge in [-0.2, -0.15) is 26.3 Å². The SMILES string of the molecule is OCOc1cc(C(F)(F)F)cc(C(F)(F)F)c1. The lowest BCUT2D eigenvalue weighted by atomic mass is 10.1. The van der Waals surface area contributed by atoms with Crippen molar-refractivity contribution in [2.45, 2.75) is 12.4 Å². The summed E-state index contributed by atoms with van der Waals surface area (Å²) in [6.45, 7) is -1.02. The van der Waals surface area contributed by atoms with E-state index in [0.29, 0.717) is 12.1 Å². The average molecular weight is 260 g/mol. The van der Waals surface area contributed by atoms with E-state index in [1.165, 1.54) is 0 Å². The predicted molar refractivity (Wildman–Crippen MR) is 44.2 cm³/mol. The molecule has 0 amide bonds. The van der Waals surface area contributed by atoms with Gasteiger partial charge in [-0.05, 0) is 18.2 Å². The minimum Gasteiger partial charge on any atom is -0.468 e. The number of hydrogen-bond acceptors (Lipinski definition) is 2. The molecule has 0 saturated heterocycles. The summed E-state index contributed by atoms with van der Waals surface area (Å²) in [7, 11) is 0. The van der Waals surface area contributed by atoms with E-state index in [9.17, 15) is 26.3 Å². The molecule has 1 aromatic rings. The molecule has 96 valence electrons. The molecule has 0 fully saturated rings. The summed E-state index contributed by atoms with van der Waals surface area (Å²) in [4.78, 5) is 0. The van der Waals surface area contributed by atoms with Gasteiger partial charge in [-0.25, -0.2) is 0 Å². The van der Waals surface area contributed by atoms with Crippen molar-refractivity contribution in [3.05, 3.63) is 29.3 Å². The fourth-order valence-electron chi connectivity index (χ4n) is 1.08. The zero-order chi connectivity index (χ0) is 13.3. The quantitative estimate of drug-likeness (QED) is 0.654. The topological polar surface area (TPSA) is 29.5 Å². The molecule has 0 aliphatic heterocycles. The number of aliphatic hydroxyl groups excluding tert-OH is 1. The molecule has 0 unspecified atom stereocenters. The van der Waals surface area contributed by atoms with Crippen LogP contribution in [0.5, 0.6) is 5.75 Å². The van der Waals surface area contributed by atoms with Gasteiger partial charge in [-0.15, -0.1) is 0 Å². The van der Waals surface area contributed by atoms with Crippen molar-refractivity contribution in [2.75, 3.05) is 6.79 Å². The first-order valence-electron chi connectivity index (χ1n) is 4.17. The minimum atomic E-state index is -4.92. The molecule has 0 bridgehead atoms. The zero-order valence-electron chi connectivity index (χ0n) is 8.06. The van der Waals surface area contributed by atoms with Gasteiger partial charge in [0, 0.05) is 0 Å². The van der Waals surface area contributed by atoms with Crippen LogP contribution in [0.2, 0.25) is 0 Å². The van der Waals surface area contributed by atoms with E-state index in [-0.39, 0.29) is 6.07 Å². The first kappa shape index (κ1) is 13.6. The van der Waals surface area contributed by atoms with Crippen molar-refractivity contribution in [1.82, 2.24) is 0 Å². The van der Waals surface area contributed by atoms with Gasteiger partial charge in [0.25, 0.3) is 0 Å². The van der Waals surface area contributed by atoms with Crippen molar-refractivity contribution in [3.63, 3.8) is 0 Å². The van der Waals surface area contributed by atoms with E-state index in [1.54, 1.807) is 0 Å². The van der Waals surface area contributed by atoms with Crippen molar-refractivity contribution in [3.8, 4) is 5.75 Å². The number of aliphatic hydroxyl groups is 1. The smallest absolute Gasteiger partial charge is 0.416 e. The lowest BCUT2D eigenvalue weighted by Crippen LogP contribution is -2.11. The number of hydrogen-bond donors (Lipinski definition) is 1. The molecule has 0 atom stereocenters. The molecule has 17 heavy (non-hydrogen) atoms. The summed E-state index contributed by atoms with van der Waals surface area (Å²) in [5, 5.41) is 8.32. The minimum absolute atomic E-state index is 0.0236. The van der Waals surface area contributed by atoms with Crippen LogP contribution < -0.4 is 4.74 Å². The second-order valence-corrected chi connectivity index (χ2v) is 3.02. The largest absolute Gasteiger partial charge is 0.468 e. The molecular weight excluding hydrogens is 254 g/mol. The zero-order valence-corrected chi connectivity index (χ0v) is 8.06. The van der Waals surface area contributed by atoms with Gasteiger partial charge >= 0.3 is 12.4 Å². The first-order valence-corrected chi connectivity index (χ1v) is 4.17. The maximum Gasteiger partial charge on any atom is 0.416 e. The van der Waals surface area contributed by atoms with Gasteiger partial charge < -0.3 is 9.84 Å². The van der Waals surface area contributed by atoms with Crippen molar-refractivity contribution in [2.24, 2.45) is 0 Å². The highest BCUT2D eigenvalue weighted by Gasteiger charge is 2.37. The van der Waals surface area contributed by atoms with E-state index in [0.717, 1.165) is 0 Å². The standard InChI is InChI=1S/C9H6F6O2/c10-8(11,12)5-1-6(9(13,14)15)3-7(2-5)17-4-16/h1-3,16H,4H2. The van der Waals surface area contributed by atoms with Gasteiger partial charge in [-0.3, -0.25) is 0 Å². The van der Waals surface area contributed by atoms with Gasteiger partial charge in [0.2, 0.25) is 0 Å². The maximum absolute atomic E-state index is 12.3. The fourth-order valence-corrected chi connectivity index (χ4v) is 1.08. The molecule has 1 rings (SSSR count). The van der Waals surface area contributed by atoms with Crippen LogP contribution in [0.4, 0.5) is 26.3 Å². The van der Waals surface area contributed by atoms with Crippen LogP contribution in [0, 0.1) is 0 Å². The van der Waals surface area contributed by atoms with Gasteiger partial charge in [-0.1, -0.05) is 0 Å². The average Bonchev–Trinajstić information content (AvgIpc) is 2.15. The molecule has 2 nitrogen and oxygen atoms in total. The number of benzene rings is 1. The van der Waals surface area contributed by atoms with E-state index in [4.69, 9.17) is 5.11 Å². The third kappa shape index (κ3) is 3.52. The maximum atomic E-state index is 12.3. The van der Waals surface area contributed by atoms with Crippen LogP contribution in [0.15, 0.2) is 18.2 Å². The lowest BCUT2D eigenvalue weighted by molar-refractivity contribution is -0.143. The second kappa shape index (κ2) is 4.44. The number of rotatable bonds is 2. The molecule has 1 N–H and O–H groups in total. The molecule has 0 radical (unpaired) electrons. The summed E-state index contributed by atoms with van der Waals surface area (Å²) in [6.07, 6.45) is -9.84. The third-order valence-corrected chi connectivity index (χ3v) is 1.79. The first-order chi connectivity index (χ1) is 7.64. The van der Waals surface area contributed by atoms with Crippen LogP contribution in [0.3, 0.4) is 0 Å². The Balaban J connectivity index is 3.29. The van der Waals surface area contributed by atoms with Crippen LogP contribution in [-0.4, -0.2) is 11.9 Å². The Morgan fingerprint density at radius 2 is 1.29 bits per heavy atom. The molecular formula is C9H6F6O2. The second-order valence-electron chi connectivity index (χ2n) is 3.02. The van der Waals surface area contributed by atoms with Crippen LogP contribution in [-0.2, 0) is 12.4 Å². The Morgan fingerprint density at radius 3 is 1.59 bits per heavy atom. The highest BCUT2D eigenvalue weighted by Crippen LogP contribution is 2.38. The summed E-state index contributed by atoms with van der Waals surface area (Å²) < 4.78 is 78.0. The molecule has 1 aromatic carbocycles. The van der Waals surface area contributed by atoms with Crippen molar-refractivity contribution < 1.29 is 36.2 Å². The third-order valence-electron chi connectivity index (χ3n) is 1.79.